The Morgan fingerprint density at radius 3 is 2.63 bits per heavy atom. The first-order chi connectivity index (χ1) is 9.15. The summed E-state index contributed by atoms with van der Waals surface area (Å²) in [6.07, 6.45) is 0. The number of benzene rings is 2. The summed E-state index contributed by atoms with van der Waals surface area (Å²) in [6, 6.07) is 12.4. The third kappa shape index (κ3) is 2.48. The van der Waals surface area contributed by atoms with Crippen molar-refractivity contribution in [3.8, 4) is 0 Å². The summed E-state index contributed by atoms with van der Waals surface area (Å²) in [4.78, 5) is 17.5. The highest BCUT2D eigenvalue weighted by atomic mass is 16.6. The molecular formula is C13H14N4O2. The number of nitrogens with zero attached hydrogens (tertiary/aromatic N) is 1. The van der Waals surface area contributed by atoms with E-state index in [2.05, 4.69) is 10.3 Å². The number of guanidine groups is 1. The van der Waals surface area contributed by atoms with Crippen molar-refractivity contribution in [2.45, 2.75) is 0 Å². The number of fused-ring (bicyclic) bond motifs is 1. The highest BCUT2D eigenvalue weighted by Gasteiger charge is 2.20. The zero-order chi connectivity index (χ0) is 13.8. The van der Waals surface area contributed by atoms with Gasteiger partial charge in [-0.1, -0.05) is 36.4 Å². The van der Waals surface area contributed by atoms with Crippen molar-refractivity contribution in [2.24, 2.45) is 5.73 Å². The van der Waals surface area contributed by atoms with Gasteiger partial charge in [0.25, 0.3) is 0 Å². The molecule has 0 saturated heterocycles. The van der Waals surface area contributed by atoms with Crippen molar-refractivity contribution in [2.75, 3.05) is 12.0 Å². The molecule has 6 nitrogen and oxygen atoms in total. The van der Waals surface area contributed by atoms with E-state index in [1.54, 1.807) is 12.1 Å². The summed E-state index contributed by atoms with van der Waals surface area (Å²) < 4.78 is 0. The molecule has 0 aliphatic heterocycles. The number of hydrogen-bond donors (Lipinski definition) is 3. The first-order valence-corrected chi connectivity index (χ1v) is 5.60. The Kier molecular flexibility index (Phi) is 3.63. The van der Waals surface area contributed by atoms with Gasteiger partial charge >= 0.3 is 6.03 Å². The van der Waals surface area contributed by atoms with Gasteiger partial charge in [-0.15, -0.1) is 0 Å². The Morgan fingerprint density at radius 1 is 1.26 bits per heavy atom. The zero-order valence-electron chi connectivity index (χ0n) is 10.4. The number of amides is 2. The SMILES string of the molecule is CONC(=O)N(C(=N)N)c1cccc2ccccc12. The molecule has 2 amide bonds. The van der Waals surface area contributed by atoms with E-state index in [-0.39, 0.29) is 5.96 Å². The van der Waals surface area contributed by atoms with E-state index in [1.165, 1.54) is 7.11 Å². The zero-order valence-corrected chi connectivity index (χ0v) is 10.4. The number of hydrogen-bond acceptors (Lipinski definition) is 3. The molecule has 0 fully saturated rings. The number of anilines is 1. The van der Waals surface area contributed by atoms with E-state index in [1.807, 2.05) is 30.3 Å². The molecule has 0 aliphatic rings. The Morgan fingerprint density at radius 2 is 1.95 bits per heavy atom. The van der Waals surface area contributed by atoms with Gasteiger partial charge in [-0.05, 0) is 11.5 Å². The quantitative estimate of drug-likeness (QED) is 0.436. The van der Waals surface area contributed by atoms with Gasteiger partial charge in [0.2, 0.25) is 5.96 Å². The summed E-state index contributed by atoms with van der Waals surface area (Å²) in [6.45, 7) is 0. The number of nitrogens with one attached hydrogen (secondary N) is 2. The van der Waals surface area contributed by atoms with Crippen LogP contribution in [-0.4, -0.2) is 19.1 Å². The topological polar surface area (TPSA) is 91.4 Å². The number of hydroxylamine groups is 1. The third-order valence-corrected chi connectivity index (χ3v) is 2.64. The second-order valence-electron chi connectivity index (χ2n) is 3.83. The number of urea groups is 1. The van der Waals surface area contributed by atoms with Crippen molar-refractivity contribution in [3.05, 3.63) is 42.5 Å². The van der Waals surface area contributed by atoms with Crippen molar-refractivity contribution < 1.29 is 9.63 Å². The number of rotatable bonds is 2. The molecule has 0 spiro atoms. The Bertz CT molecular complexity index is 622. The summed E-state index contributed by atoms with van der Waals surface area (Å²) in [5.74, 6) is -0.383. The normalized spacial score (nSPS) is 10.2. The van der Waals surface area contributed by atoms with E-state index in [9.17, 15) is 4.79 Å². The van der Waals surface area contributed by atoms with Crippen LogP contribution >= 0.6 is 0 Å². The molecule has 98 valence electrons. The highest BCUT2D eigenvalue weighted by molar-refractivity contribution is 6.17. The molecule has 19 heavy (non-hydrogen) atoms. The van der Waals surface area contributed by atoms with Crippen molar-refractivity contribution in [1.82, 2.24) is 5.48 Å². The Hall–Kier alpha value is -2.60. The smallest absolute Gasteiger partial charge is 0.352 e. The fraction of sp³-hybridized carbons (Fsp3) is 0.0769. The minimum Gasteiger partial charge on any atom is -0.369 e. The predicted octanol–water partition coefficient (Wildman–Crippen LogP) is 1.81. The number of carbonyl (C=O) groups excluding carboxylic acids is 1. The van der Waals surface area contributed by atoms with Crippen LogP contribution < -0.4 is 16.1 Å². The van der Waals surface area contributed by atoms with E-state index in [0.717, 1.165) is 15.7 Å². The lowest BCUT2D eigenvalue weighted by Crippen LogP contribution is -2.47. The Balaban J connectivity index is 2.56. The first kappa shape index (κ1) is 12.8. The maximum atomic E-state index is 11.9. The lowest BCUT2D eigenvalue weighted by atomic mass is 10.1. The lowest BCUT2D eigenvalue weighted by Gasteiger charge is -2.21. The van der Waals surface area contributed by atoms with E-state index in [0.29, 0.717) is 5.69 Å². The molecule has 0 unspecified atom stereocenters. The van der Waals surface area contributed by atoms with Gasteiger partial charge in [0.15, 0.2) is 0 Å². The standard InChI is InChI=1S/C13H14N4O2/c1-19-16-13(18)17(12(14)15)11-8-4-6-9-5-2-3-7-10(9)11/h2-8H,1H3,(H3,14,15)(H,16,18). The fourth-order valence-electron chi connectivity index (χ4n) is 1.88. The lowest BCUT2D eigenvalue weighted by molar-refractivity contribution is 0.112. The van der Waals surface area contributed by atoms with Crippen LogP contribution in [0.1, 0.15) is 0 Å². The van der Waals surface area contributed by atoms with Gasteiger partial charge in [-0.25, -0.2) is 15.2 Å². The number of nitrogens with two attached hydrogens (primary N) is 1. The first-order valence-electron chi connectivity index (χ1n) is 5.60. The molecule has 0 atom stereocenters. The predicted molar refractivity (Wildman–Crippen MR) is 73.9 cm³/mol. The Labute approximate surface area is 110 Å². The molecule has 0 heterocycles. The van der Waals surface area contributed by atoms with Gasteiger partial charge in [-0.3, -0.25) is 10.2 Å². The second kappa shape index (κ2) is 5.36. The summed E-state index contributed by atoms with van der Waals surface area (Å²) >= 11 is 0. The molecular weight excluding hydrogens is 244 g/mol. The largest absolute Gasteiger partial charge is 0.369 e. The molecule has 0 radical (unpaired) electrons. The molecule has 0 bridgehead atoms. The van der Waals surface area contributed by atoms with Crippen LogP contribution in [0.25, 0.3) is 10.8 Å². The van der Waals surface area contributed by atoms with E-state index < -0.39 is 6.03 Å². The van der Waals surface area contributed by atoms with Crippen LogP contribution in [0.15, 0.2) is 42.5 Å². The monoisotopic (exact) mass is 258 g/mol. The molecule has 4 N–H and O–H groups in total. The summed E-state index contributed by atoms with van der Waals surface area (Å²) in [5, 5.41) is 9.34. The minimum atomic E-state index is -0.619. The van der Waals surface area contributed by atoms with Crippen LogP contribution in [0, 0.1) is 5.41 Å². The summed E-state index contributed by atoms with van der Waals surface area (Å²) in [5.41, 5.74) is 8.17. The molecule has 0 aromatic heterocycles. The van der Waals surface area contributed by atoms with Crippen LogP contribution in [0.4, 0.5) is 10.5 Å². The van der Waals surface area contributed by atoms with Crippen LogP contribution in [0.2, 0.25) is 0 Å². The van der Waals surface area contributed by atoms with Gasteiger partial charge in [0.1, 0.15) is 0 Å². The van der Waals surface area contributed by atoms with Crippen molar-refractivity contribution in [1.29, 1.82) is 5.41 Å². The fourth-order valence-corrected chi connectivity index (χ4v) is 1.88. The summed E-state index contributed by atoms with van der Waals surface area (Å²) in [7, 11) is 1.32. The molecule has 2 rings (SSSR count). The third-order valence-electron chi connectivity index (χ3n) is 2.64. The van der Waals surface area contributed by atoms with Gasteiger partial charge in [0.05, 0.1) is 12.8 Å². The van der Waals surface area contributed by atoms with Crippen molar-refractivity contribution >= 4 is 28.5 Å². The molecule has 2 aromatic rings. The highest BCUT2D eigenvalue weighted by Crippen LogP contribution is 2.26. The maximum Gasteiger partial charge on any atom is 0.352 e. The van der Waals surface area contributed by atoms with Gasteiger partial charge < -0.3 is 5.73 Å². The minimum absolute atomic E-state index is 0.383. The molecule has 0 aliphatic carbocycles. The van der Waals surface area contributed by atoms with E-state index in [4.69, 9.17) is 11.1 Å². The average molecular weight is 258 g/mol. The van der Waals surface area contributed by atoms with Crippen LogP contribution in [0.5, 0.6) is 0 Å². The van der Waals surface area contributed by atoms with Crippen molar-refractivity contribution in [3.63, 3.8) is 0 Å². The molecule has 2 aromatic carbocycles. The van der Waals surface area contributed by atoms with Crippen LogP contribution in [-0.2, 0) is 4.84 Å². The second-order valence-corrected chi connectivity index (χ2v) is 3.83. The van der Waals surface area contributed by atoms with Gasteiger partial charge in [0, 0.05) is 5.39 Å². The van der Waals surface area contributed by atoms with Crippen LogP contribution in [0.3, 0.4) is 0 Å². The van der Waals surface area contributed by atoms with Gasteiger partial charge in [-0.2, -0.15) is 0 Å². The molecule has 6 heteroatoms. The number of carbonyl (C=O) groups is 1. The average Bonchev–Trinajstić information content (AvgIpc) is 2.39. The van der Waals surface area contributed by atoms with E-state index >= 15 is 0 Å². The molecule has 0 saturated carbocycles. The maximum absolute atomic E-state index is 11.9.